The standard InChI is InChI=1S/C19H21N3O3/c1-2-25-19-16(8-5-11-20-19)21-17(23)10-9-14-12-13-6-3-4-7-15(13)22-18(14)24/h3-8,11,14H,2,9-10,12H2,1H3,(H,21,23)(H,22,24)/t14-/m0/s1. The van der Waals surface area contributed by atoms with Crippen molar-refractivity contribution in [2.45, 2.75) is 26.2 Å². The number of hydrogen-bond donors (Lipinski definition) is 2. The van der Waals surface area contributed by atoms with Gasteiger partial charge in [-0.1, -0.05) is 18.2 Å². The molecule has 6 heteroatoms. The zero-order chi connectivity index (χ0) is 17.6. The van der Waals surface area contributed by atoms with Crippen molar-refractivity contribution in [1.82, 2.24) is 4.98 Å². The number of nitrogens with one attached hydrogen (secondary N) is 2. The van der Waals surface area contributed by atoms with E-state index in [1.165, 1.54) is 0 Å². The quantitative estimate of drug-likeness (QED) is 0.848. The molecule has 0 radical (unpaired) electrons. The van der Waals surface area contributed by atoms with Gasteiger partial charge >= 0.3 is 0 Å². The highest BCUT2D eigenvalue weighted by atomic mass is 16.5. The summed E-state index contributed by atoms with van der Waals surface area (Å²) in [6.07, 6.45) is 3.04. The molecule has 2 amide bonds. The van der Waals surface area contributed by atoms with E-state index in [9.17, 15) is 9.59 Å². The number of carbonyl (C=O) groups excluding carboxylic acids is 2. The first-order valence-electron chi connectivity index (χ1n) is 8.43. The van der Waals surface area contributed by atoms with Crippen LogP contribution in [0.3, 0.4) is 0 Å². The molecule has 0 saturated heterocycles. The Morgan fingerprint density at radius 1 is 1.32 bits per heavy atom. The summed E-state index contributed by atoms with van der Waals surface area (Å²) in [7, 11) is 0. The van der Waals surface area contributed by atoms with Crippen LogP contribution in [0.4, 0.5) is 11.4 Å². The second kappa shape index (κ2) is 7.79. The molecule has 0 bridgehead atoms. The van der Waals surface area contributed by atoms with Crippen molar-refractivity contribution in [2.24, 2.45) is 5.92 Å². The summed E-state index contributed by atoms with van der Waals surface area (Å²) in [5.74, 6) is 0.0343. The first-order chi connectivity index (χ1) is 12.2. The highest BCUT2D eigenvalue weighted by molar-refractivity contribution is 5.96. The minimum Gasteiger partial charge on any atom is -0.476 e. The van der Waals surface area contributed by atoms with Gasteiger partial charge in [0.1, 0.15) is 5.69 Å². The second-order valence-electron chi connectivity index (χ2n) is 5.92. The molecular formula is C19H21N3O3. The van der Waals surface area contributed by atoms with Crippen LogP contribution in [-0.4, -0.2) is 23.4 Å². The topological polar surface area (TPSA) is 80.3 Å². The number of fused-ring (bicyclic) bond motifs is 1. The second-order valence-corrected chi connectivity index (χ2v) is 5.92. The zero-order valence-electron chi connectivity index (χ0n) is 14.1. The number of para-hydroxylation sites is 1. The van der Waals surface area contributed by atoms with Crippen LogP contribution < -0.4 is 15.4 Å². The summed E-state index contributed by atoms with van der Waals surface area (Å²) in [5.41, 5.74) is 2.52. The van der Waals surface area contributed by atoms with Crippen molar-refractivity contribution >= 4 is 23.2 Å². The van der Waals surface area contributed by atoms with Crippen molar-refractivity contribution < 1.29 is 14.3 Å². The SMILES string of the molecule is CCOc1ncccc1NC(=O)CC[C@H]1Cc2ccccc2NC1=O. The molecule has 0 fully saturated rings. The van der Waals surface area contributed by atoms with Crippen LogP contribution in [-0.2, 0) is 16.0 Å². The van der Waals surface area contributed by atoms with Gasteiger partial charge in [0.05, 0.1) is 6.61 Å². The van der Waals surface area contributed by atoms with Crippen molar-refractivity contribution in [2.75, 3.05) is 17.2 Å². The van der Waals surface area contributed by atoms with Gasteiger partial charge in [0.15, 0.2) is 0 Å². The molecule has 2 aromatic rings. The van der Waals surface area contributed by atoms with Crippen LogP contribution in [0.1, 0.15) is 25.3 Å². The Morgan fingerprint density at radius 3 is 3.00 bits per heavy atom. The minimum absolute atomic E-state index is 0.0251. The largest absolute Gasteiger partial charge is 0.476 e. The summed E-state index contributed by atoms with van der Waals surface area (Å²) in [6.45, 7) is 2.33. The van der Waals surface area contributed by atoms with Crippen molar-refractivity contribution in [3.05, 3.63) is 48.2 Å². The van der Waals surface area contributed by atoms with Gasteiger partial charge in [-0.05, 0) is 43.5 Å². The van der Waals surface area contributed by atoms with Crippen molar-refractivity contribution in [3.8, 4) is 5.88 Å². The Kier molecular flexibility index (Phi) is 5.28. The number of anilines is 2. The fourth-order valence-electron chi connectivity index (χ4n) is 2.90. The molecule has 1 aliphatic rings. The lowest BCUT2D eigenvalue weighted by Gasteiger charge is -2.24. The summed E-state index contributed by atoms with van der Waals surface area (Å²) in [4.78, 5) is 28.5. The maximum absolute atomic E-state index is 12.2. The summed E-state index contributed by atoms with van der Waals surface area (Å²) in [5, 5.41) is 5.72. The molecule has 3 rings (SSSR count). The molecule has 0 spiro atoms. The molecule has 2 heterocycles. The predicted octanol–water partition coefficient (Wildman–Crippen LogP) is 3.01. The van der Waals surface area contributed by atoms with E-state index in [1.807, 2.05) is 31.2 Å². The molecule has 25 heavy (non-hydrogen) atoms. The minimum atomic E-state index is -0.194. The maximum atomic E-state index is 12.2. The molecule has 1 aliphatic heterocycles. The summed E-state index contributed by atoms with van der Waals surface area (Å²) >= 11 is 0. The highest BCUT2D eigenvalue weighted by Gasteiger charge is 2.26. The van der Waals surface area contributed by atoms with Crippen molar-refractivity contribution in [3.63, 3.8) is 0 Å². The number of pyridine rings is 1. The monoisotopic (exact) mass is 339 g/mol. The van der Waals surface area contributed by atoms with Gasteiger partial charge in [-0.15, -0.1) is 0 Å². The number of nitrogens with zero attached hydrogens (tertiary/aromatic N) is 1. The Hall–Kier alpha value is -2.89. The zero-order valence-corrected chi connectivity index (χ0v) is 14.1. The van der Waals surface area contributed by atoms with Crippen LogP contribution in [0.25, 0.3) is 0 Å². The molecule has 2 N–H and O–H groups in total. The number of amides is 2. The lowest BCUT2D eigenvalue weighted by atomic mass is 9.89. The molecule has 0 aliphatic carbocycles. The normalized spacial score (nSPS) is 15.9. The molecular weight excluding hydrogens is 318 g/mol. The van der Waals surface area contributed by atoms with Crippen LogP contribution in [0.2, 0.25) is 0 Å². The van der Waals surface area contributed by atoms with E-state index in [0.29, 0.717) is 31.0 Å². The van der Waals surface area contributed by atoms with E-state index in [1.54, 1.807) is 18.3 Å². The van der Waals surface area contributed by atoms with Gasteiger partial charge < -0.3 is 15.4 Å². The van der Waals surface area contributed by atoms with E-state index >= 15 is 0 Å². The molecule has 6 nitrogen and oxygen atoms in total. The first-order valence-corrected chi connectivity index (χ1v) is 8.43. The smallest absolute Gasteiger partial charge is 0.237 e. The van der Waals surface area contributed by atoms with E-state index in [0.717, 1.165) is 11.3 Å². The van der Waals surface area contributed by atoms with Crippen molar-refractivity contribution in [1.29, 1.82) is 0 Å². The lowest BCUT2D eigenvalue weighted by molar-refractivity contribution is -0.121. The Labute approximate surface area is 146 Å². The van der Waals surface area contributed by atoms with Crippen LogP contribution >= 0.6 is 0 Å². The Balaban J connectivity index is 1.57. The van der Waals surface area contributed by atoms with Gasteiger partial charge in [-0.2, -0.15) is 0 Å². The average molecular weight is 339 g/mol. The third-order valence-electron chi connectivity index (χ3n) is 4.16. The Morgan fingerprint density at radius 2 is 2.16 bits per heavy atom. The number of carbonyl (C=O) groups is 2. The lowest BCUT2D eigenvalue weighted by Crippen LogP contribution is -2.30. The van der Waals surface area contributed by atoms with Crippen LogP contribution in [0, 0.1) is 5.92 Å². The number of ether oxygens (including phenoxy) is 1. The van der Waals surface area contributed by atoms with E-state index in [-0.39, 0.29) is 24.2 Å². The van der Waals surface area contributed by atoms with E-state index < -0.39 is 0 Å². The number of aromatic nitrogens is 1. The molecule has 1 atom stereocenters. The summed E-state index contributed by atoms with van der Waals surface area (Å²) in [6, 6.07) is 11.2. The average Bonchev–Trinajstić information content (AvgIpc) is 2.62. The van der Waals surface area contributed by atoms with Gasteiger partial charge in [0.2, 0.25) is 17.7 Å². The van der Waals surface area contributed by atoms with E-state index in [2.05, 4.69) is 15.6 Å². The third kappa shape index (κ3) is 4.15. The molecule has 1 aromatic heterocycles. The number of rotatable bonds is 6. The van der Waals surface area contributed by atoms with Gasteiger partial charge in [0, 0.05) is 24.2 Å². The molecule has 0 unspecified atom stereocenters. The van der Waals surface area contributed by atoms with Crippen LogP contribution in [0.15, 0.2) is 42.6 Å². The number of hydrogen-bond acceptors (Lipinski definition) is 4. The fourth-order valence-corrected chi connectivity index (χ4v) is 2.90. The molecule has 1 aromatic carbocycles. The van der Waals surface area contributed by atoms with E-state index in [4.69, 9.17) is 4.74 Å². The first kappa shape index (κ1) is 17.0. The van der Waals surface area contributed by atoms with Crippen LogP contribution in [0.5, 0.6) is 5.88 Å². The molecule has 0 saturated carbocycles. The maximum Gasteiger partial charge on any atom is 0.237 e. The molecule has 130 valence electrons. The highest BCUT2D eigenvalue weighted by Crippen LogP contribution is 2.28. The number of benzene rings is 1. The fraction of sp³-hybridized carbons (Fsp3) is 0.316. The van der Waals surface area contributed by atoms with Gasteiger partial charge in [0.25, 0.3) is 0 Å². The third-order valence-corrected chi connectivity index (χ3v) is 4.16. The summed E-state index contributed by atoms with van der Waals surface area (Å²) < 4.78 is 5.40. The Bertz CT molecular complexity index is 776. The van der Waals surface area contributed by atoms with Gasteiger partial charge in [-0.25, -0.2) is 4.98 Å². The predicted molar refractivity (Wildman–Crippen MR) is 95.5 cm³/mol. The van der Waals surface area contributed by atoms with Gasteiger partial charge in [-0.3, -0.25) is 9.59 Å².